The SMILES string of the molecule is CCNc1cc([N+](=O)[O-])cc(NC2CCN(C)CC2C)n1. The molecule has 116 valence electrons. The number of nitrogens with one attached hydrogen (secondary N) is 2. The lowest BCUT2D eigenvalue weighted by Gasteiger charge is -2.35. The van der Waals surface area contributed by atoms with E-state index in [2.05, 4.69) is 34.5 Å². The van der Waals surface area contributed by atoms with Crippen LogP contribution in [0.3, 0.4) is 0 Å². The van der Waals surface area contributed by atoms with Gasteiger partial charge in [0.1, 0.15) is 11.6 Å². The van der Waals surface area contributed by atoms with Gasteiger partial charge in [0.05, 0.1) is 17.1 Å². The normalized spacial score (nSPS) is 22.8. The third-order valence-corrected chi connectivity index (χ3v) is 3.82. The zero-order chi connectivity index (χ0) is 15.4. The Balaban J connectivity index is 2.16. The number of pyridine rings is 1. The highest BCUT2D eigenvalue weighted by Crippen LogP contribution is 2.24. The van der Waals surface area contributed by atoms with Crippen LogP contribution in [0.5, 0.6) is 0 Å². The van der Waals surface area contributed by atoms with E-state index >= 15 is 0 Å². The van der Waals surface area contributed by atoms with E-state index in [4.69, 9.17) is 0 Å². The molecular weight excluding hydrogens is 270 g/mol. The van der Waals surface area contributed by atoms with E-state index in [0.717, 1.165) is 19.5 Å². The van der Waals surface area contributed by atoms with Crippen LogP contribution >= 0.6 is 0 Å². The molecule has 7 heteroatoms. The Kier molecular flexibility index (Phi) is 4.95. The summed E-state index contributed by atoms with van der Waals surface area (Å²) in [6, 6.07) is 3.27. The van der Waals surface area contributed by atoms with Gasteiger partial charge in [0, 0.05) is 19.1 Å². The molecule has 21 heavy (non-hydrogen) atoms. The van der Waals surface area contributed by atoms with E-state index < -0.39 is 0 Å². The van der Waals surface area contributed by atoms with Gasteiger partial charge in [0.25, 0.3) is 5.69 Å². The summed E-state index contributed by atoms with van der Waals surface area (Å²) >= 11 is 0. The zero-order valence-electron chi connectivity index (χ0n) is 12.8. The van der Waals surface area contributed by atoms with E-state index in [1.807, 2.05) is 6.92 Å². The molecule has 1 aromatic rings. The highest BCUT2D eigenvalue weighted by Gasteiger charge is 2.25. The van der Waals surface area contributed by atoms with Crippen LogP contribution in [0, 0.1) is 16.0 Å². The first-order chi connectivity index (χ1) is 9.99. The number of rotatable bonds is 5. The van der Waals surface area contributed by atoms with Crippen molar-refractivity contribution in [3.8, 4) is 0 Å². The van der Waals surface area contributed by atoms with Gasteiger partial charge in [0.15, 0.2) is 0 Å². The highest BCUT2D eigenvalue weighted by atomic mass is 16.6. The molecule has 1 aliphatic heterocycles. The number of likely N-dealkylation sites (tertiary alicyclic amines) is 1. The fourth-order valence-corrected chi connectivity index (χ4v) is 2.73. The summed E-state index contributed by atoms with van der Waals surface area (Å²) in [5.41, 5.74) is 0.0593. The summed E-state index contributed by atoms with van der Waals surface area (Å²) < 4.78 is 0. The fourth-order valence-electron chi connectivity index (χ4n) is 2.73. The van der Waals surface area contributed by atoms with Crippen LogP contribution in [-0.4, -0.2) is 47.5 Å². The summed E-state index contributed by atoms with van der Waals surface area (Å²) in [4.78, 5) is 17.4. The number of nitro groups is 1. The lowest BCUT2D eigenvalue weighted by molar-refractivity contribution is -0.384. The van der Waals surface area contributed by atoms with Gasteiger partial charge in [-0.3, -0.25) is 10.1 Å². The highest BCUT2D eigenvalue weighted by molar-refractivity contribution is 5.55. The molecular formula is C14H23N5O2. The Morgan fingerprint density at radius 3 is 2.81 bits per heavy atom. The first-order valence-corrected chi connectivity index (χ1v) is 7.35. The molecule has 2 heterocycles. The van der Waals surface area contributed by atoms with Crippen molar-refractivity contribution in [1.82, 2.24) is 9.88 Å². The van der Waals surface area contributed by atoms with Gasteiger partial charge in [-0.25, -0.2) is 4.98 Å². The Hall–Kier alpha value is -1.89. The average Bonchev–Trinajstić information content (AvgIpc) is 2.42. The van der Waals surface area contributed by atoms with Crippen molar-refractivity contribution in [2.24, 2.45) is 5.92 Å². The Labute approximate surface area is 124 Å². The van der Waals surface area contributed by atoms with Gasteiger partial charge in [-0.1, -0.05) is 6.92 Å². The summed E-state index contributed by atoms with van der Waals surface area (Å²) in [7, 11) is 2.11. The van der Waals surface area contributed by atoms with Crippen LogP contribution in [-0.2, 0) is 0 Å². The largest absolute Gasteiger partial charge is 0.370 e. The molecule has 0 radical (unpaired) electrons. The van der Waals surface area contributed by atoms with Crippen molar-refractivity contribution >= 4 is 17.3 Å². The predicted octanol–water partition coefficient (Wildman–Crippen LogP) is 2.17. The van der Waals surface area contributed by atoms with E-state index in [1.165, 1.54) is 12.1 Å². The minimum absolute atomic E-state index is 0.0593. The number of anilines is 2. The quantitative estimate of drug-likeness (QED) is 0.639. The van der Waals surface area contributed by atoms with Gasteiger partial charge >= 0.3 is 0 Å². The van der Waals surface area contributed by atoms with Crippen molar-refractivity contribution in [2.75, 3.05) is 37.3 Å². The summed E-state index contributed by atoms with van der Waals surface area (Å²) in [5.74, 6) is 1.59. The molecule has 0 aliphatic carbocycles. The number of nitrogens with zero attached hydrogens (tertiary/aromatic N) is 3. The van der Waals surface area contributed by atoms with E-state index in [1.54, 1.807) is 0 Å². The molecule has 0 spiro atoms. The van der Waals surface area contributed by atoms with Gasteiger partial charge in [-0.2, -0.15) is 0 Å². The smallest absolute Gasteiger partial charge is 0.276 e. The summed E-state index contributed by atoms with van der Waals surface area (Å²) in [6.45, 7) is 6.85. The molecule has 7 nitrogen and oxygen atoms in total. The number of aromatic nitrogens is 1. The molecule has 0 amide bonds. The van der Waals surface area contributed by atoms with Crippen LogP contribution in [0.25, 0.3) is 0 Å². The van der Waals surface area contributed by atoms with Crippen LogP contribution < -0.4 is 10.6 Å². The molecule has 0 aromatic carbocycles. The lowest BCUT2D eigenvalue weighted by atomic mass is 9.94. The Morgan fingerprint density at radius 1 is 1.48 bits per heavy atom. The second-order valence-electron chi connectivity index (χ2n) is 5.66. The maximum atomic E-state index is 11.0. The number of hydrogen-bond donors (Lipinski definition) is 2. The van der Waals surface area contributed by atoms with Gasteiger partial charge in [-0.05, 0) is 32.9 Å². The molecule has 1 saturated heterocycles. The summed E-state index contributed by atoms with van der Waals surface area (Å²) in [5, 5.41) is 17.4. The first-order valence-electron chi connectivity index (χ1n) is 7.35. The van der Waals surface area contributed by atoms with E-state index in [0.29, 0.717) is 30.1 Å². The molecule has 2 atom stereocenters. The van der Waals surface area contributed by atoms with Crippen LogP contribution in [0.2, 0.25) is 0 Å². The summed E-state index contributed by atoms with van der Waals surface area (Å²) in [6.07, 6.45) is 1.01. The molecule has 1 aromatic heterocycles. The van der Waals surface area contributed by atoms with Gasteiger partial charge in [0.2, 0.25) is 0 Å². The van der Waals surface area contributed by atoms with Crippen molar-refractivity contribution in [3.63, 3.8) is 0 Å². The molecule has 0 saturated carbocycles. The van der Waals surface area contributed by atoms with Crippen LogP contribution in [0.4, 0.5) is 17.3 Å². The van der Waals surface area contributed by atoms with Crippen molar-refractivity contribution < 1.29 is 4.92 Å². The number of hydrogen-bond acceptors (Lipinski definition) is 6. The Morgan fingerprint density at radius 2 is 2.19 bits per heavy atom. The van der Waals surface area contributed by atoms with E-state index in [9.17, 15) is 10.1 Å². The fraction of sp³-hybridized carbons (Fsp3) is 0.643. The average molecular weight is 293 g/mol. The van der Waals surface area contributed by atoms with Crippen LogP contribution in [0.15, 0.2) is 12.1 Å². The molecule has 2 N–H and O–H groups in total. The third-order valence-electron chi connectivity index (χ3n) is 3.82. The minimum atomic E-state index is -0.383. The number of piperidine rings is 1. The molecule has 0 bridgehead atoms. The van der Waals surface area contributed by atoms with Crippen molar-refractivity contribution in [3.05, 3.63) is 22.2 Å². The minimum Gasteiger partial charge on any atom is -0.370 e. The second-order valence-corrected chi connectivity index (χ2v) is 5.66. The second kappa shape index (κ2) is 6.71. The van der Waals surface area contributed by atoms with Gasteiger partial charge < -0.3 is 15.5 Å². The van der Waals surface area contributed by atoms with Crippen molar-refractivity contribution in [2.45, 2.75) is 26.3 Å². The topological polar surface area (TPSA) is 83.3 Å². The maximum absolute atomic E-state index is 11.0. The zero-order valence-corrected chi connectivity index (χ0v) is 12.8. The molecule has 1 aliphatic rings. The first kappa shape index (κ1) is 15.5. The van der Waals surface area contributed by atoms with Crippen LogP contribution in [0.1, 0.15) is 20.3 Å². The maximum Gasteiger partial charge on any atom is 0.276 e. The van der Waals surface area contributed by atoms with E-state index in [-0.39, 0.29) is 10.6 Å². The molecule has 1 fully saturated rings. The lowest BCUT2D eigenvalue weighted by Crippen LogP contribution is -2.43. The molecule has 2 unspecified atom stereocenters. The predicted molar refractivity (Wildman–Crippen MR) is 83.7 cm³/mol. The van der Waals surface area contributed by atoms with Gasteiger partial charge in [-0.15, -0.1) is 0 Å². The standard InChI is InChI=1S/C14H23N5O2/c1-4-15-13-7-11(19(20)21)8-14(17-13)16-12-5-6-18(3)9-10(12)2/h7-8,10,12H,4-6,9H2,1-3H3,(H2,15,16,17). The molecule has 2 rings (SSSR count). The monoisotopic (exact) mass is 293 g/mol. The Bertz CT molecular complexity index is 508. The third kappa shape index (κ3) is 4.04. The van der Waals surface area contributed by atoms with Crippen molar-refractivity contribution in [1.29, 1.82) is 0 Å².